The predicted molar refractivity (Wildman–Crippen MR) is 132 cm³/mol. The van der Waals surface area contributed by atoms with Gasteiger partial charge in [0.25, 0.3) is 5.91 Å². The van der Waals surface area contributed by atoms with Crippen LogP contribution in [-0.2, 0) is 11.2 Å². The van der Waals surface area contributed by atoms with Crippen molar-refractivity contribution in [2.75, 3.05) is 19.0 Å². The maximum absolute atomic E-state index is 12.7. The third-order valence-corrected chi connectivity index (χ3v) is 5.80. The Balaban J connectivity index is 1.68. The number of nitrogens with zero attached hydrogens (tertiary/aromatic N) is 2. The van der Waals surface area contributed by atoms with Crippen LogP contribution in [0, 0.1) is 18.3 Å². The van der Waals surface area contributed by atoms with Crippen LogP contribution in [0.5, 0.6) is 11.5 Å². The molecule has 0 saturated heterocycles. The minimum Gasteiger partial charge on any atom is -0.493 e. The standard InChI is InChI=1S/C26H27N3O3S/c1-4-5-12-32-23-11-10-20(15-24(23)31-3)13-21(16-27)25(30)29-26-28-17-22(33-26)14-19-8-6-18(2)7-9-19/h6-11,13,15,17H,4-5,12,14H2,1-3H3,(H,28,29,30). The molecule has 1 aromatic heterocycles. The highest BCUT2D eigenvalue weighted by molar-refractivity contribution is 7.15. The smallest absolute Gasteiger partial charge is 0.268 e. The summed E-state index contributed by atoms with van der Waals surface area (Å²) in [7, 11) is 1.56. The van der Waals surface area contributed by atoms with Crippen molar-refractivity contribution in [1.82, 2.24) is 4.98 Å². The molecular formula is C26H27N3O3S. The van der Waals surface area contributed by atoms with Crippen LogP contribution in [0.1, 0.15) is 41.3 Å². The second-order valence-electron chi connectivity index (χ2n) is 7.53. The fourth-order valence-electron chi connectivity index (χ4n) is 3.05. The molecule has 0 unspecified atom stereocenters. The van der Waals surface area contributed by atoms with Gasteiger partial charge in [-0.25, -0.2) is 4.98 Å². The summed E-state index contributed by atoms with van der Waals surface area (Å²) >= 11 is 1.40. The Bertz CT molecular complexity index is 1160. The molecule has 33 heavy (non-hydrogen) atoms. The molecule has 1 heterocycles. The summed E-state index contributed by atoms with van der Waals surface area (Å²) in [6.45, 7) is 4.75. The molecule has 1 amide bonds. The Morgan fingerprint density at radius 2 is 2.00 bits per heavy atom. The van der Waals surface area contributed by atoms with Gasteiger partial charge < -0.3 is 9.47 Å². The molecule has 3 rings (SSSR count). The van der Waals surface area contributed by atoms with E-state index in [-0.39, 0.29) is 5.57 Å². The zero-order valence-corrected chi connectivity index (χ0v) is 19.9. The Morgan fingerprint density at radius 3 is 2.70 bits per heavy atom. The van der Waals surface area contributed by atoms with E-state index in [1.165, 1.54) is 28.5 Å². The minimum atomic E-state index is -0.504. The number of thiazole rings is 1. The Labute approximate surface area is 198 Å². The molecule has 2 aromatic carbocycles. The number of carbonyl (C=O) groups excluding carboxylic acids is 1. The average Bonchev–Trinajstić information content (AvgIpc) is 3.26. The Kier molecular flexibility index (Phi) is 8.62. The van der Waals surface area contributed by atoms with Gasteiger partial charge in [-0.1, -0.05) is 49.2 Å². The van der Waals surface area contributed by atoms with E-state index < -0.39 is 5.91 Å². The molecule has 7 heteroatoms. The second kappa shape index (κ2) is 11.8. The highest BCUT2D eigenvalue weighted by Crippen LogP contribution is 2.29. The van der Waals surface area contributed by atoms with Crippen LogP contribution >= 0.6 is 11.3 Å². The van der Waals surface area contributed by atoms with Crippen LogP contribution in [-0.4, -0.2) is 24.6 Å². The molecule has 0 fully saturated rings. The topological polar surface area (TPSA) is 84.2 Å². The summed E-state index contributed by atoms with van der Waals surface area (Å²) in [5.74, 6) is 0.684. The van der Waals surface area contributed by atoms with E-state index in [9.17, 15) is 10.1 Å². The average molecular weight is 462 g/mol. The van der Waals surface area contributed by atoms with Gasteiger partial charge in [-0.05, 0) is 42.7 Å². The summed E-state index contributed by atoms with van der Waals surface area (Å²) in [5, 5.41) is 12.7. The number of methoxy groups -OCH3 is 1. The molecule has 0 atom stereocenters. The first-order valence-electron chi connectivity index (χ1n) is 10.8. The van der Waals surface area contributed by atoms with Crippen molar-refractivity contribution in [2.24, 2.45) is 0 Å². The number of unbranched alkanes of at least 4 members (excludes halogenated alkanes) is 1. The zero-order valence-electron chi connectivity index (χ0n) is 19.1. The van der Waals surface area contributed by atoms with E-state index in [2.05, 4.69) is 48.4 Å². The number of amides is 1. The van der Waals surface area contributed by atoms with Gasteiger partial charge in [0.2, 0.25) is 0 Å². The van der Waals surface area contributed by atoms with E-state index in [0.29, 0.717) is 28.8 Å². The van der Waals surface area contributed by atoms with Gasteiger partial charge in [0, 0.05) is 17.5 Å². The van der Waals surface area contributed by atoms with Gasteiger partial charge in [0.1, 0.15) is 11.6 Å². The molecule has 0 bridgehead atoms. The fraction of sp³-hybridized carbons (Fsp3) is 0.269. The quantitative estimate of drug-likeness (QED) is 0.235. The van der Waals surface area contributed by atoms with Crippen LogP contribution in [0.2, 0.25) is 0 Å². The molecular weight excluding hydrogens is 434 g/mol. The van der Waals surface area contributed by atoms with Crippen molar-refractivity contribution >= 4 is 28.5 Å². The van der Waals surface area contributed by atoms with Crippen LogP contribution in [0.3, 0.4) is 0 Å². The molecule has 0 spiro atoms. The summed E-state index contributed by atoms with van der Waals surface area (Å²) in [5.41, 5.74) is 3.03. The number of benzene rings is 2. The first-order valence-corrected chi connectivity index (χ1v) is 11.6. The van der Waals surface area contributed by atoms with Crippen molar-refractivity contribution in [2.45, 2.75) is 33.1 Å². The third kappa shape index (κ3) is 6.93. The van der Waals surface area contributed by atoms with E-state index >= 15 is 0 Å². The normalized spacial score (nSPS) is 11.0. The number of aromatic nitrogens is 1. The van der Waals surface area contributed by atoms with Gasteiger partial charge in [0.15, 0.2) is 16.6 Å². The first kappa shape index (κ1) is 24.0. The van der Waals surface area contributed by atoms with Gasteiger partial charge in [-0.15, -0.1) is 11.3 Å². The number of aryl methyl sites for hydroxylation is 1. The molecule has 1 N–H and O–H groups in total. The van der Waals surface area contributed by atoms with Crippen molar-refractivity contribution in [3.63, 3.8) is 0 Å². The lowest BCUT2D eigenvalue weighted by atomic mass is 10.1. The van der Waals surface area contributed by atoms with Crippen LogP contribution < -0.4 is 14.8 Å². The van der Waals surface area contributed by atoms with Crippen molar-refractivity contribution in [3.05, 3.63) is 75.8 Å². The maximum Gasteiger partial charge on any atom is 0.268 e. The molecule has 0 aliphatic carbocycles. The monoisotopic (exact) mass is 461 g/mol. The van der Waals surface area contributed by atoms with E-state index in [0.717, 1.165) is 24.1 Å². The molecule has 0 aliphatic heterocycles. The minimum absolute atomic E-state index is 0.0213. The molecule has 6 nitrogen and oxygen atoms in total. The van der Waals surface area contributed by atoms with Gasteiger partial charge in [0.05, 0.1) is 13.7 Å². The number of nitriles is 1. The molecule has 0 aliphatic rings. The van der Waals surface area contributed by atoms with Crippen LogP contribution in [0.15, 0.2) is 54.2 Å². The lowest BCUT2D eigenvalue weighted by molar-refractivity contribution is -0.112. The largest absolute Gasteiger partial charge is 0.493 e. The van der Waals surface area contributed by atoms with Crippen molar-refractivity contribution in [3.8, 4) is 17.6 Å². The predicted octanol–water partition coefficient (Wildman–Crippen LogP) is 5.78. The SMILES string of the molecule is CCCCOc1ccc(C=C(C#N)C(=O)Nc2ncc(Cc3ccc(C)cc3)s2)cc1OC. The number of anilines is 1. The van der Waals surface area contributed by atoms with Gasteiger partial charge >= 0.3 is 0 Å². The lowest BCUT2D eigenvalue weighted by Gasteiger charge is -2.11. The van der Waals surface area contributed by atoms with Gasteiger partial charge in [-0.2, -0.15) is 5.26 Å². The number of ether oxygens (including phenoxy) is 2. The molecule has 0 saturated carbocycles. The second-order valence-corrected chi connectivity index (χ2v) is 8.65. The molecule has 0 radical (unpaired) electrons. The number of nitrogens with one attached hydrogen (secondary N) is 1. The summed E-state index contributed by atoms with van der Waals surface area (Å²) in [4.78, 5) is 18.0. The fourth-order valence-corrected chi connectivity index (χ4v) is 3.90. The number of hydrogen-bond acceptors (Lipinski definition) is 6. The molecule has 3 aromatic rings. The number of carbonyl (C=O) groups is 1. The van der Waals surface area contributed by atoms with Crippen LogP contribution in [0.25, 0.3) is 6.08 Å². The zero-order chi connectivity index (χ0) is 23.6. The summed E-state index contributed by atoms with van der Waals surface area (Å²) in [6.07, 6.45) is 6.00. The highest BCUT2D eigenvalue weighted by Gasteiger charge is 2.13. The van der Waals surface area contributed by atoms with E-state index in [4.69, 9.17) is 9.47 Å². The van der Waals surface area contributed by atoms with Crippen molar-refractivity contribution < 1.29 is 14.3 Å². The third-order valence-electron chi connectivity index (χ3n) is 4.89. The summed E-state index contributed by atoms with van der Waals surface area (Å²) < 4.78 is 11.1. The molecule has 170 valence electrons. The Morgan fingerprint density at radius 1 is 1.21 bits per heavy atom. The maximum atomic E-state index is 12.7. The lowest BCUT2D eigenvalue weighted by Crippen LogP contribution is -2.13. The van der Waals surface area contributed by atoms with Crippen molar-refractivity contribution in [1.29, 1.82) is 5.26 Å². The Hall–Kier alpha value is -3.63. The van der Waals surface area contributed by atoms with E-state index in [1.807, 2.05) is 6.07 Å². The number of hydrogen-bond donors (Lipinski definition) is 1. The number of rotatable bonds is 10. The summed E-state index contributed by atoms with van der Waals surface area (Å²) in [6, 6.07) is 15.6. The first-order chi connectivity index (χ1) is 16.0. The van der Waals surface area contributed by atoms with Crippen LogP contribution in [0.4, 0.5) is 5.13 Å². The highest BCUT2D eigenvalue weighted by atomic mass is 32.1. The van der Waals surface area contributed by atoms with Gasteiger partial charge in [-0.3, -0.25) is 10.1 Å². The van der Waals surface area contributed by atoms with E-state index in [1.54, 1.807) is 31.5 Å².